The lowest BCUT2D eigenvalue weighted by atomic mass is 9.93. The van der Waals surface area contributed by atoms with E-state index in [1.165, 1.54) is 0 Å². The predicted octanol–water partition coefficient (Wildman–Crippen LogP) is 3.85. The van der Waals surface area contributed by atoms with Crippen LogP contribution in [0.3, 0.4) is 0 Å². The summed E-state index contributed by atoms with van der Waals surface area (Å²) in [5.41, 5.74) is 4.83. The molecule has 0 spiro atoms. The number of likely N-dealkylation sites (N-methyl/N-ethyl adjacent to an activating group) is 1. The van der Waals surface area contributed by atoms with Gasteiger partial charge < -0.3 is 30.2 Å². The number of piperazine rings is 1. The number of carbonyl (C=O) groups excluding carboxylic acids is 1. The number of amides is 1. The molecule has 43 heavy (non-hydrogen) atoms. The molecule has 12 heteroatoms. The summed E-state index contributed by atoms with van der Waals surface area (Å²) in [6, 6.07) is 8.09. The summed E-state index contributed by atoms with van der Waals surface area (Å²) < 4.78 is 7.20. The molecule has 0 bridgehead atoms. The van der Waals surface area contributed by atoms with Gasteiger partial charge >= 0.3 is 0 Å². The van der Waals surface area contributed by atoms with Crippen molar-refractivity contribution in [2.75, 3.05) is 50.6 Å². The molecule has 0 atom stereocenters. The van der Waals surface area contributed by atoms with Crippen LogP contribution in [0.2, 0.25) is 0 Å². The monoisotopic (exact) mass is 580 g/mol. The molecule has 3 N–H and O–H groups in total. The average molecular weight is 581 g/mol. The third-order valence-corrected chi connectivity index (χ3v) is 8.68. The number of aromatic nitrogens is 6. The molecule has 222 valence electrons. The topological polar surface area (TPSA) is 129 Å². The highest BCUT2D eigenvalue weighted by atomic mass is 16.5. The average Bonchev–Trinajstić information content (AvgIpc) is 3.66. The Balaban J connectivity index is 1.09. The Morgan fingerprint density at radius 2 is 1.88 bits per heavy atom. The maximum atomic E-state index is 13.2. The highest BCUT2D eigenvalue weighted by Crippen LogP contribution is 2.30. The van der Waals surface area contributed by atoms with Crippen molar-refractivity contribution < 1.29 is 9.53 Å². The molecule has 2 aliphatic rings. The Hall–Kier alpha value is -4.55. The molecule has 7 rings (SSSR count). The van der Waals surface area contributed by atoms with Gasteiger partial charge in [-0.2, -0.15) is 10.1 Å². The zero-order chi connectivity index (χ0) is 29.3. The number of anilines is 3. The largest absolute Gasteiger partial charge is 0.381 e. The van der Waals surface area contributed by atoms with Crippen LogP contribution in [0.5, 0.6) is 0 Å². The summed E-state index contributed by atoms with van der Waals surface area (Å²) in [5, 5.41) is 11.8. The molecule has 1 aliphatic carbocycles. The molecule has 0 unspecified atom stereocenters. The Kier molecular flexibility index (Phi) is 7.37. The SMILES string of the molecule is CO[C@H]1CC[C@H](NC(=O)c2cnn3ccc(-c4c[nH]c5nc(Nc6ccnc(N7CCN(C)CC7)c6)ncc45)cc23)CC1. The fraction of sp³-hybridized carbons (Fsp3) is 0.387. The standard InChI is InChI=1S/C31H36N10O2/c1-39-11-13-40(14-12-39)28-16-22(7-9-32-28)37-31-34-18-25-24(17-33-29(25)38-31)20-8-10-41-27(15-20)26(19-35-41)30(42)36-21-3-5-23(43-2)6-4-21/h7-10,15-19,21,23H,3-6,11-14H2,1-2H3,(H,36,42)(H2,32,33,34,37,38)/t21-,23-. The minimum Gasteiger partial charge on any atom is -0.381 e. The molecule has 6 heterocycles. The maximum Gasteiger partial charge on any atom is 0.255 e. The molecule has 1 aliphatic heterocycles. The van der Waals surface area contributed by atoms with E-state index in [0.717, 1.165) is 91.0 Å². The van der Waals surface area contributed by atoms with Crippen LogP contribution < -0.4 is 15.5 Å². The normalized spacial score (nSPS) is 19.6. The van der Waals surface area contributed by atoms with Crippen molar-refractivity contribution in [2.45, 2.75) is 37.8 Å². The lowest BCUT2D eigenvalue weighted by Gasteiger charge is -2.33. The quantitative estimate of drug-likeness (QED) is 0.263. The van der Waals surface area contributed by atoms with Crippen LogP contribution in [-0.4, -0.2) is 92.8 Å². The fourth-order valence-electron chi connectivity index (χ4n) is 6.07. The van der Waals surface area contributed by atoms with E-state index >= 15 is 0 Å². The van der Waals surface area contributed by atoms with Gasteiger partial charge in [0, 0.05) is 86.8 Å². The van der Waals surface area contributed by atoms with Crippen molar-refractivity contribution in [3.8, 4) is 11.1 Å². The number of hydrogen-bond donors (Lipinski definition) is 3. The van der Waals surface area contributed by atoms with Crippen molar-refractivity contribution in [1.82, 2.24) is 39.8 Å². The molecule has 0 radical (unpaired) electrons. The molecule has 5 aromatic rings. The Labute approximate surface area is 249 Å². The lowest BCUT2D eigenvalue weighted by Crippen LogP contribution is -2.44. The number of nitrogens with one attached hydrogen (secondary N) is 3. The van der Waals surface area contributed by atoms with Crippen LogP contribution in [0.25, 0.3) is 27.7 Å². The summed E-state index contributed by atoms with van der Waals surface area (Å²) in [7, 11) is 3.90. The van der Waals surface area contributed by atoms with Crippen molar-refractivity contribution in [1.29, 1.82) is 0 Å². The summed E-state index contributed by atoms with van der Waals surface area (Å²) in [6.07, 6.45) is 13.1. The molecule has 1 saturated heterocycles. The zero-order valence-corrected chi connectivity index (χ0v) is 24.5. The maximum absolute atomic E-state index is 13.2. The molecular formula is C31H36N10O2. The van der Waals surface area contributed by atoms with Crippen molar-refractivity contribution in [3.63, 3.8) is 0 Å². The molecule has 2 fully saturated rings. The third-order valence-electron chi connectivity index (χ3n) is 8.68. The van der Waals surface area contributed by atoms with Gasteiger partial charge in [0.1, 0.15) is 11.5 Å². The predicted molar refractivity (Wildman–Crippen MR) is 166 cm³/mol. The second-order valence-corrected chi connectivity index (χ2v) is 11.5. The summed E-state index contributed by atoms with van der Waals surface area (Å²) >= 11 is 0. The first-order valence-corrected chi connectivity index (χ1v) is 14.9. The number of hydrogen-bond acceptors (Lipinski definition) is 9. The number of methoxy groups -OCH3 is 1. The van der Waals surface area contributed by atoms with E-state index in [4.69, 9.17) is 9.72 Å². The van der Waals surface area contributed by atoms with E-state index < -0.39 is 0 Å². The first-order valence-electron chi connectivity index (χ1n) is 14.9. The van der Waals surface area contributed by atoms with Gasteiger partial charge in [0.2, 0.25) is 5.95 Å². The van der Waals surface area contributed by atoms with Crippen LogP contribution in [0.15, 0.2) is 55.2 Å². The third kappa shape index (κ3) is 5.63. The minimum atomic E-state index is -0.0992. The van der Waals surface area contributed by atoms with E-state index in [-0.39, 0.29) is 18.1 Å². The minimum absolute atomic E-state index is 0.0992. The van der Waals surface area contributed by atoms with Crippen LogP contribution >= 0.6 is 0 Å². The number of fused-ring (bicyclic) bond motifs is 2. The molecule has 12 nitrogen and oxygen atoms in total. The number of nitrogens with zero attached hydrogens (tertiary/aromatic N) is 7. The van der Waals surface area contributed by atoms with Crippen molar-refractivity contribution in [2.24, 2.45) is 0 Å². The van der Waals surface area contributed by atoms with Gasteiger partial charge in [0.05, 0.1) is 23.4 Å². The van der Waals surface area contributed by atoms with Gasteiger partial charge in [-0.1, -0.05) is 0 Å². The smallest absolute Gasteiger partial charge is 0.255 e. The molecule has 1 amide bonds. The Morgan fingerprint density at radius 1 is 1.05 bits per heavy atom. The number of aromatic amines is 1. The van der Waals surface area contributed by atoms with Gasteiger partial charge in [0.25, 0.3) is 5.91 Å². The highest BCUT2D eigenvalue weighted by Gasteiger charge is 2.24. The summed E-state index contributed by atoms with van der Waals surface area (Å²) in [4.78, 5) is 35.1. The van der Waals surface area contributed by atoms with Gasteiger partial charge in [-0.25, -0.2) is 14.5 Å². The number of pyridine rings is 2. The first kappa shape index (κ1) is 27.3. The van der Waals surface area contributed by atoms with Crippen molar-refractivity contribution >= 4 is 39.9 Å². The van der Waals surface area contributed by atoms with Gasteiger partial charge in [-0.05, 0) is 56.5 Å². The van der Waals surface area contributed by atoms with Crippen LogP contribution in [0, 0.1) is 0 Å². The van der Waals surface area contributed by atoms with E-state index in [9.17, 15) is 4.79 Å². The second kappa shape index (κ2) is 11.6. The van der Waals surface area contributed by atoms with Crippen molar-refractivity contribution in [3.05, 3.63) is 60.8 Å². The highest BCUT2D eigenvalue weighted by molar-refractivity contribution is 6.02. The second-order valence-electron chi connectivity index (χ2n) is 11.5. The zero-order valence-electron chi connectivity index (χ0n) is 24.5. The molecule has 5 aromatic heterocycles. The van der Waals surface area contributed by atoms with E-state index in [1.54, 1.807) is 17.8 Å². The Morgan fingerprint density at radius 3 is 2.70 bits per heavy atom. The molecule has 1 saturated carbocycles. The van der Waals surface area contributed by atoms with E-state index in [1.807, 2.05) is 49.1 Å². The molecular weight excluding hydrogens is 544 g/mol. The molecule has 0 aromatic carbocycles. The summed E-state index contributed by atoms with van der Waals surface area (Å²) in [6.45, 7) is 3.95. The lowest BCUT2D eigenvalue weighted by molar-refractivity contribution is 0.0599. The number of rotatable bonds is 7. The van der Waals surface area contributed by atoms with Crippen LogP contribution in [0.1, 0.15) is 36.0 Å². The number of ether oxygens (including phenoxy) is 1. The van der Waals surface area contributed by atoms with Crippen LogP contribution in [-0.2, 0) is 4.74 Å². The van der Waals surface area contributed by atoms with Gasteiger partial charge in [-0.15, -0.1) is 0 Å². The number of carbonyl (C=O) groups is 1. The van der Waals surface area contributed by atoms with Crippen LogP contribution in [0.4, 0.5) is 17.5 Å². The Bertz CT molecular complexity index is 1750. The van der Waals surface area contributed by atoms with Gasteiger partial charge in [-0.3, -0.25) is 4.79 Å². The van der Waals surface area contributed by atoms with E-state index in [0.29, 0.717) is 11.5 Å². The summed E-state index contributed by atoms with van der Waals surface area (Å²) in [5.74, 6) is 1.35. The first-order chi connectivity index (χ1) is 21.0. The number of H-pyrrole nitrogens is 1. The fourth-order valence-corrected chi connectivity index (χ4v) is 6.07. The van der Waals surface area contributed by atoms with Gasteiger partial charge in [0.15, 0.2) is 0 Å². The van der Waals surface area contributed by atoms with E-state index in [2.05, 4.69) is 47.5 Å².